The van der Waals surface area contributed by atoms with Gasteiger partial charge in [-0.2, -0.15) is 5.10 Å². The van der Waals surface area contributed by atoms with Gasteiger partial charge < -0.3 is 9.73 Å². The summed E-state index contributed by atoms with van der Waals surface area (Å²) in [4.78, 5) is 0. The highest BCUT2D eigenvalue weighted by Crippen LogP contribution is 2.20. The van der Waals surface area contributed by atoms with Gasteiger partial charge in [-0.25, -0.2) is 0 Å². The van der Waals surface area contributed by atoms with E-state index in [1.54, 1.807) is 10.9 Å². The lowest BCUT2D eigenvalue weighted by atomic mass is 10.3. The van der Waals surface area contributed by atoms with Crippen LogP contribution in [0, 0.1) is 0 Å². The van der Waals surface area contributed by atoms with Gasteiger partial charge in [0.1, 0.15) is 11.5 Å². The van der Waals surface area contributed by atoms with E-state index in [0.717, 1.165) is 30.2 Å². The summed E-state index contributed by atoms with van der Waals surface area (Å²) in [6.45, 7) is 3.80. The number of nitrogens with zero attached hydrogens (tertiary/aromatic N) is 2. The molecule has 4 nitrogen and oxygen atoms in total. The van der Waals surface area contributed by atoms with Crippen molar-refractivity contribution < 1.29 is 4.42 Å². The second-order valence-corrected chi connectivity index (χ2v) is 3.45. The van der Waals surface area contributed by atoms with E-state index in [1.165, 1.54) is 0 Å². The lowest BCUT2D eigenvalue weighted by molar-refractivity contribution is 0.498. The molecule has 2 aromatic rings. The van der Waals surface area contributed by atoms with Crippen LogP contribution in [0.2, 0.25) is 0 Å². The molecule has 0 bridgehead atoms. The van der Waals surface area contributed by atoms with E-state index in [2.05, 4.69) is 17.3 Å². The molecular formula is C11H15N3O. The molecule has 4 heteroatoms. The molecule has 0 unspecified atom stereocenters. The van der Waals surface area contributed by atoms with Crippen LogP contribution in [0.1, 0.15) is 12.7 Å². The highest BCUT2D eigenvalue weighted by atomic mass is 16.3. The van der Waals surface area contributed by atoms with Crippen LogP contribution in [-0.4, -0.2) is 16.3 Å². The smallest absolute Gasteiger partial charge is 0.137 e. The fourth-order valence-electron chi connectivity index (χ4n) is 1.42. The summed E-state index contributed by atoms with van der Waals surface area (Å²) in [7, 11) is 1.89. The number of aromatic nitrogens is 2. The van der Waals surface area contributed by atoms with Crippen molar-refractivity contribution in [3.8, 4) is 11.3 Å². The Morgan fingerprint density at radius 2 is 2.33 bits per heavy atom. The molecule has 80 valence electrons. The van der Waals surface area contributed by atoms with Crippen LogP contribution in [0.25, 0.3) is 11.3 Å². The molecule has 0 aromatic carbocycles. The molecule has 2 aromatic heterocycles. The van der Waals surface area contributed by atoms with Crippen molar-refractivity contribution in [2.75, 3.05) is 6.54 Å². The first-order chi connectivity index (χ1) is 7.29. The zero-order chi connectivity index (χ0) is 10.7. The van der Waals surface area contributed by atoms with E-state index in [1.807, 2.05) is 25.4 Å². The van der Waals surface area contributed by atoms with Crippen LogP contribution >= 0.6 is 0 Å². The zero-order valence-corrected chi connectivity index (χ0v) is 9.03. The van der Waals surface area contributed by atoms with E-state index in [-0.39, 0.29) is 0 Å². The van der Waals surface area contributed by atoms with Gasteiger partial charge >= 0.3 is 0 Å². The molecule has 0 aliphatic carbocycles. The minimum atomic E-state index is 0.775. The SMILES string of the molecule is CCNCc1ccc(-c2cnn(C)c2)o1. The molecule has 0 saturated carbocycles. The monoisotopic (exact) mass is 205 g/mol. The highest BCUT2D eigenvalue weighted by molar-refractivity contribution is 5.55. The Morgan fingerprint density at radius 3 is 3.00 bits per heavy atom. The Labute approximate surface area is 88.9 Å². The molecule has 0 aliphatic rings. The second kappa shape index (κ2) is 4.31. The Hall–Kier alpha value is -1.55. The molecule has 0 fully saturated rings. The van der Waals surface area contributed by atoms with Crippen LogP contribution < -0.4 is 5.32 Å². The molecule has 0 amide bonds. The lowest BCUT2D eigenvalue weighted by Gasteiger charge is -1.96. The van der Waals surface area contributed by atoms with Gasteiger partial charge in [-0.15, -0.1) is 0 Å². The van der Waals surface area contributed by atoms with Crippen LogP contribution in [0.15, 0.2) is 28.9 Å². The number of rotatable bonds is 4. The predicted octanol–water partition coefficient (Wildman–Crippen LogP) is 1.79. The quantitative estimate of drug-likeness (QED) is 0.827. The molecule has 1 N–H and O–H groups in total. The number of hydrogen-bond donors (Lipinski definition) is 1. The minimum Gasteiger partial charge on any atom is -0.460 e. The standard InChI is InChI=1S/C11H15N3O/c1-3-12-7-10-4-5-11(15-10)9-6-13-14(2)8-9/h4-6,8,12H,3,7H2,1-2H3. The summed E-state index contributed by atoms with van der Waals surface area (Å²) in [5, 5.41) is 7.33. The predicted molar refractivity (Wildman–Crippen MR) is 58.3 cm³/mol. The molecule has 0 radical (unpaired) electrons. The van der Waals surface area contributed by atoms with Crippen molar-refractivity contribution in [1.82, 2.24) is 15.1 Å². The fourth-order valence-corrected chi connectivity index (χ4v) is 1.42. The average Bonchev–Trinajstić information content (AvgIpc) is 2.83. The van der Waals surface area contributed by atoms with Gasteiger partial charge in [-0.05, 0) is 18.7 Å². The maximum absolute atomic E-state index is 5.67. The first-order valence-corrected chi connectivity index (χ1v) is 5.08. The van der Waals surface area contributed by atoms with Crippen LogP contribution in [0.4, 0.5) is 0 Å². The van der Waals surface area contributed by atoms with Gasteiger partial charge in [-0.3, -0.25) is 4.68 Å². The molecule has 15 heavy (non-hydrogen) atoms. The summed E-state index contributed by atoms with van der Waals surface area (Å²) >= 11 is 0. The van der Waals surface area contributed by atoms with Crippen LogP contribution in [0.5, 0.6) is 0 Å². The third-order valence-electron chi connectivity index (χ3n) is 2.20. The molecule has 2 rings (SSSR count). The summed E-state index contributed by atoms with van der Waals surface area (Å²) < 4.78 is 7.43. The maximum atomic E-state index is 5.67. The van der Waals surface area contributed by atoms with E-state index in [4.69, 9.17) is 4.42 Å². The normalized spacial score (nSPS) is 10.8. The second-order valence-electron chi connectivity index (χ2n) is 3.45. The van der Waals surface area contributed by atoms with Crippen molar-refractivity contribution >= 4 is 0 Å². The minimum absolute atomic E-state index is 0.775. The summed E-state index contributed by atoms with van der Waals surface area (Å²) in [6, 6.07) is 3.97. The van der Waals surface area contributed by atoms with Crippen LogP contribution in [-0.2, 0) is 13.6 Å². The molecule has 2 heterocycles. The van der Waals surface area contributed by atoms with Gasteiger partial charge in [0, 0.05) is 13.2 Å². The fraction of sp³-hybridized carbons (Fsp3) is 0.364. The lowest BCUT2D eigenvalue weighted by Crippen LogP contribution is -2.10. The van der Waals surface area contributed by atoms with Crippen LogP contribution in [0.3, 0.4) is 0 Å². The number of furan rings is 1. The third-order valence-corrected chi connectivity index (χ3v) is 2.20. The molecule has 0 aliphatic heterocycles. The first kappa shape index (κ1) is 9.98. The summed E-state index contributed by atoms with van der Waals surface area (Å²) in [5.41, 5.74) is 1.01. The summed E-state index contributed by atoms with van der Waals surface area (Å²) in [6.07, 6.45) is 3.74. The topological polar surface area (TPSA) is 43.0 Å². The number of nitrogens with one attached hydrogen (secondary N) is 1. The highest BCUT2D eigenvalue weighted by Gasteiger charge is 2.05. The zero-order valence-electron chi connectivity index (χ0n) is 9.03. The van der Waals surface area contributed by atoms with E-state index >= 15 is 0 Å². The Bertz CT molecular complexity index is 430. The molecule has 0 spiro atoms. The van der Waals surface area contributed by atoms with Gasteiger partial charge in [0.25, 0.3) is 0 Å². The van der Waals surface area contributed by atoms with Gasteiger partial charge in [-0.1, -0.05) is 6.92 Å². The first-order valence-electron chi connectivity index (χ1n) is 5.08. The molecule has 0 saturated heterocycles. The maximum Gasteiger partial charge on any atom is 0.137 e. The Kier molecular flexibility index (Phi) is 2.87. The van der Waals surface area contributed by atoms with E-state index in [9.17, 15) is 0 Å². The summed E-state index contributed by atoms with van der Waals surface area (Å²) in [5.74, 6) is 1.83. The van der Waals surface area contributed by atoms with Crippen molar-refractivity contribution in [3.05, 3.63) is 30.3 Å². The molecular weight excluding hydrogens is 190 g/mol. The van der Waals surface area contributed by atoms with Gasteiger partial charge in [0.15, 0.2) is 0 Å². The van der Waals surface area contributed by atoms with E-state index in [0.29, 0.717) is 0 Å². The van der Waals surface area contributed by atoms with Crippen molar-refractivity contribution in [2.24, 2.45) is 7.05 Å². The Morgan fingerprint density at radius 1 is 1.47 bits per heavy atom. The third kappa shape index (κ3) is 2.27. The van der Waals surface area contributed by atoms with Crippen molar-refractivity contribution in [3.63, 3.8) is 0 Å². The number of aryl methyl sites for hydroxylation is 1. The largest absolute Gasteiger partial charge is 0.460 e. The average molecular weight is 205 g/mol. The Balaban J connectivity index is 2.13. The molecule has 0 atom stereocenters. The van der Waals surface area contributed by atoms with Crippen molar-refractivity contribution in [2.45, 2.75) is 13.5 Å². The number of hydrogen-bond acceptors (Lipinski definition) is 3. The van der Waals surface area contributed by atoms with Gasteiger partial charge in [0.05, 0.1) is 18.3 Å². The van der Waals surface area contributed by atoms with Crippen molar-refractivity contribution in [1.29, 1.82) is 0 Å². The van der Waals surface area contributed by atoms with Gasteiger partial charge in [0.2, 0.25) is 0 Å². The van der Waals surface area contributed by atoms with E-state index < -0.39 is 0 Å².